The summed E-state index contributed by atoms with van der Waals surface area (Å²) in [5, 5.41) is 21.9. The molecule has 26 heavy (non-hydrogen) atoms. The average Bonchev–Trinajstić information content (AvgIpc) is 3.20. The van der Waals surface area contributed by atoms with E-state index in [0.717, 1.165) is 24.1 Å². The van der Waals surface area contributed by atoms with Crippen molar-refractivity contribution in [2.45, 2.75) is 38.6 Å². The molecule has 8 nitrogen and oxygen atoms in total. The Balaban J connectivity index is 1.57. The number of nitrogens with zero attached hydrogens (tertiary/aromatic N) is 5. The Morgan fingerprint density at radius 3 is 2.88 bits per heavy atom. The summed E-state index contributed by atoms with van der Waals surface area (Å²) in [7, 11) is 0. The minimum atomic E-state index is -0.279. The maximum absolute atomic E-state index is 12.6. The van der Waals surface area contributed by atoms with Crippen molar-refractivity contribution in [3.63, 3.8) is 0 Å². The van der Waals surface area contributed by atoms with Crippen molar-refractivity contribution in [2.24, 2.45) is 0 Å². The number of anilines is 1. The third-order valence-electron chi connectivity index (χ3n) is 4.29. The minimum absolute atomic E-state index is 0.239. The van der Waals surface area contributed by atoms with Crippen molar-refractivity contribution < 1.29 is 4.79 Å². The van der Waals surface area contributed by atoms with Crippen LogP contribution in [0.1, 0.15) is 54.8 Å². The predicted octanol–water partition coefficient (Wildman–Crippen LogP) is 3.54. The van der Waals surface area contributed by atoms with Crippen molar-refractivity contribution in [1.82, 2.24) is 30.4 Å². The van der Waals surface area contributed by atoms with Crippen LogP contribution in [0.5, 0.6) is 0 Å². The van der Waals surface area contributed by atoms with E-state index in [2.05, 4.69) is 47.0 Å². The fraction of sp³-hybridized carbons (Fsp3) is 0.353. The molecule has 0 radical (unpaired) electrons. The minimum Gasteiger partial charge on any atom is -0.321 e. The Morgan fingerprint density at radius 1 is 1.38 bits per heavy atom. The second kappa shape index (κ2) is 6.64. The highest BCUT2D eigenvalue weighted by atomic mass is 79.9. The van der Waals surface area contributed by atoms with Gasteiger partial charge in [-0.2, -0.15) is 5.10 Å². The van der Waals surface area contributed by atoms with E-state index in [1.165, 1.54) is 0 Å². The van der Waals surface area contributed by atoms with Gasteiger partial charge in [0.25, 0.3) is 5.91 Å². The maximum Gasteiger partial charge on any atom is 0.277 e. The second-order valence-corrected chi connectivity index (χ2v) is 7.46. The molecule has 1 saturated carbocycles. The van der Waals surface area contributed by atoms with E-state index in [9.17, 15) is 4.79 Å². The molecule has 1 amide bonds. The Labute approximate surface area is 158 Å². The summed E-state index contributed by atoms with van der Waals surface area (Å²) in [5.74, 6) is 0.675. The first-order valence-corrected chi connectivity index (χ1v) is 9.27. The van der Waals surface area contributed by atoms with Gasteiger partial charge in [-0.15, -0.1) is 5.10 Å². The highest BCUT2D eigenvalue weighted by molar-refractivity contribution is 9.10. The summed E-state index contributed by atoms with van der Waals surface area (Å²) < 4.78 is 2.54. The monoisotopic (exact) mass is 415 g/mol. The lowest BCUT2D eigenvalue weighted by molar-refractivity contribution is 0.102. The molecule has 134 valence electrons. The zero-order valence-corrected chi connectivity index (χ0v) is 16.0. The van der Waals surface area contributed by atoms with Crippen LogP contribution < -0.4 is 5.32 Å². The third-order valence-corrected chi connectivity index (χ3v) is 5.09. The van der Waals surface area contributed by atoms with Crippen LogP contribution in [0.2, 0.25) is 0 Å². The molecular formula is C17H18BrN7O. The molecule has 0 unspecified atom stereocenters. The van der Waals surface area contributed by atoms with E-state index >= 15 is 0 Å². The number of aromatic nitrogens is 6. The highest BCUT2D eigenvalue weighted by Crippen LogP contribution is 2.36. The quantitative estimate of drug-likeness (QED) is 0.663. The Morgan fingerprint density at radius 2 is 2.19 bits per heavy atom. The fourth-order valence-corrected chi connectivity index (χ4v) is 3.57. The number of halogens is 1. The number of nitrogens with one attached hydrogen (secondary N) is 2. The van der Waals surface area contributed by atoms with Gasteiger partial charge in [-0.25, -0.2) is 4.68 Å². The second-order valence-electron chi connectivity index (χ2n) is 6.67. The van der Waals surface area contributed by atoms with Crippen molar-refractivity contribution in [1.29, 1.82) is 0 Å². The maximum atomic E-state index is 12.6. The van der Waals surface area contributed by atoms with Crippen LogP contribution in [0.15, 0.2) is 28.7 Å². The van der Waals surface area contributed by atoms with Gasteiger partial charge in [0.1, 0.15) is 0 Å². The fourth-order valence-electron chi connectivity index (χ4n) is 2.75. The number of benzene rings is 1. The van der Waals surface area contributed by atoms with Gasteiger partial charge in [-0.05, 0) is 57.2 Å². The lowest BCUT2D eigenvalue weighted by Crippen LogP contribution is -2.13. The molecule has 9 heteroatoms. The zero-order chi connectivity index (χ0) is 18.3. The molecule has 2 aromatic heterocycles. The SMILES string of the molecule is CC(C)c1[nH]nc(C(=O)Nc2cccc(-c3nnnn3C3CC3)c2)c1Br. The summed E-state index contributed by atoms with van der Waals surface area (Å²) in [6.45, 7) is 4.07. The largest absolute Gasteiger partial charge is 0.321 e. The summed E-state index contributed by atoms with van der Waals surface area (Å²) in [6.07, 6.45) is 2.19. The molecule has 2 N–H and O–H groups in total. The molecule has 1 aromatic carbocycles. The van der Waals surface area contributed by atoms with Crippen LogP contribution in [0.4, 0.5) is 5.69 Å². The molecule has 1 aliphatic carbocycles. The van der Waals surface area contributed by atoms with Crippen LogP contribution in [-0.4, -0.2) is 36.3 Å². The molecule has 0 saturated heterocycles. The molecule has 2 heterocycles. The Kier molecular flexibility index (Phi) is 4.31. The topological polar surface area (TPSA) is 101 Å². The van der Waals surface area contributed by atoms with Crippen molar-refractivity contribution >= 4 is 27.5 Å². The molecule has 4 rings (SSSR count). The van der Waals surface area contributed by atoms with E-state index < -0.39 is 0 Å². The van der Waals surface area contributed by atoms with Gasteiger partial charge in [0, 0.05) is 11.3 Å². The van der Waals surface area contributed by atoms with E-state index in [1.807, 2.05) is 42.8 Å². The number of H-pyrrole nitrogens is 1. The molecule has 1 fully saturated rings. The summed E-state index contributed by atoms with van der Waals surface area (Å²) in [5.41, 5.74) is 2.76. The first-order valence-electron chi connectivity index (χ1n) is 8.48. The van der Waals surface area contributed by atoms with Gasteiger partial charge < -0.3 is 5.32 Å². The number of tetrazole rings is 1. The number of amides is 1. The summed E-state index contributed by atoms with van der Waals surface area (Å²) in [4.78, 5) is 12.6. The van der Waals surface area contributed by atoms with Crippen LogP contribution in [0.25, 0.3) is 11.4 Å². The van der Waals surface area contributed by atoms with E-state index in [0.29, 0.717) is 27.7 Å². The number of hydrogen-bond acceptors (Lipinski definition) is 5. The third kappa shape index (κ3) is 3.14. The molecule has 0 spiro atoms. The van der Waals surface area contributed by atoms with Gasteiger partial charge >= 0.3 is 0 Å². The number of rotatable bonds is 5. The molecular weight excluding hydrogens is 398 g/mol. The van der Waals surface area contributed by atoms with E-state index in [4.69, 9.17) is 0 Å². The number of hydrogen-bond donors (Lipinski definition) is 2. The van der Waals surface area contributed by atoms with Crippen LogP contribution in [-0.2, 0) is 0 Å². The predicted molar refractivity (Wildman–Crippen MR) is 99.9 cm³/mol. The molecule has 0 atom stereocenters. The van der Waals surface area contributed by atoms with Gasteiger partial charge in [-0.1, -0.05) is 26.0 Å². The summed E-state index contributed by atoms with van der Waals surface area (Å²) >= 11 is 3.46. The van der Waals surface area contributed by atoms with Gasteiger partial charge in [0.2, 0.25) is 0 Å². The van der Waals surface area contributed by atoms with Crippen molar-refractivity contribution in [3.05, 3.63) is 40.1 Å². The average molecular weight is 416 g/mol. The Hall–Kier alpha value is -2.55. The summed E-state index contributed by atoms with van der Waals surface area (Å²) in [6, 6.07) is 7.88. The van der Waals surface area contributed by atoms with Gasteiger partial charge in [0.15, 0.2) is 11.5 Å². The number of aromatic amines is 1. The van der Waals surface area contributed by atoms with E-state index in [1.54, 1.807) is 0 Å². The highest BCUT2D eigenvalue weighted by Gasteiger charge is 2.28. The van der Waals surface area contributed by atoms with Crippen LogP contribution in [0, 0.1) is 0 Å². The first kappa shape index (κ1) is 16.9. The van der Waals surface area contributed by atoms with Crippen LogP contribution in [0.3, 0.4) is 0 Å². The molecule has 0 bridgehead atoms. The lowest BCUT2D eigenvalue weighted by Gasteiger charge is -2.07. The molecule has 1 aliphatic rings. The molecule has 3 aromatic rings. The lowest BCUT2D eigenvalue weighted by atomic mass is 10.1. The zero-order valence-electron chi connectivity index (χ0n) is 14.4. The van der Waals surface area contributed by atoms with E-state index in [-0.39, 0.29) is 11.8 Å². The first-order chi connectivity index (χ1) is 12.5. The smallest absolute Gasteiger partial charge is 0.277 e. The number of carbonyl (C=O) groups is 1. The van der Waals surface area contributed by atoms with Gasteiger partial charge in [-0.3, -0.25) is 9.89 Å². The standard InChI is InChI=1S/C17H18BrN7O/c1-9(2)14-13(18)15(21-20-14)17(26)19-11-5-3-4-10(8-11)16-22-23-24-25(16)12-6-7-12/h3-5,8-9,12H,6-7H2,1-2H3,(H,19,26)(H,20,21). The number of carbonyl (C=O) groups excluding carboxylic acids is 1. The molecule has 0 aliphatic heterocycles. The van der Waals surface area contributed by atoms with Crippen molar-refractivity contribution in [3.8, 4) is 11.4 Å². The van der Waals surface area contributed by atoms with Crippen molar-refractivity contribution in [2.75, 3.05) is 5.32 Å². The normalized spacial score (nSPS) is 14.0. The van der Waals surface area contributed by atoms with Crippen LogP contribution >= 0.6 is 15.9 Å². The van der Waals surface area contributed by atoms with Gasteiger partial charge in [0.05, 0.1) is 16.2 Å². The Bertz CT molecular complexity index is 958.